The first kappa shape index (κ1) is 15.3. The van der Waals surface area contributed by atoms with Crippen molar-refractivity contribution in [2.75, 3.05) is 12.4 Å². The van der Waals surface area contributed by atoms with E-state index in [1.807, 2.05) is 11.6 Å². The molecule has 23 heavy (non-hydrogen) atoms. The zero-order valence-corrected chi connectivity index (χ0v) is 13.2. The summed E-state index contributed by atoms with van der Waals surface area (Å²) in [6.07, 6.45) is 4.21. The largest absolute Gasteiger partial charge is 0.465 e. The quantitative estimate of drug-likeness (QED) is 0.861. The third-order valence-electron chi connectivity index (χ3n) is 3.95. The number of anilines is 1. The number of carbonyl (C=O) groups excluding carboxylic acids is 2. The van der Waals surface area contributed by atoms with Gasteiger partial charge in [0.2, 0.25) is 0 Å². The van der Waals surface area contributed by atoms with Gasteiger partial charge in [0.25, 0.3) is 5.91 Å². The van der Waals surface area contributed by atoms with Crippen LogP contribution in [0.3, 0.4) is 0 Å². The van der Waals surface area contributed by atoms with Crippen molar-refractivity contribution in [1.29, 1.82) is 0 Å². The normalized spacial score (nSPS) is 13.7. The van der Waals surface area contributed by atoms with Crippen molar-refractivity contribution in [3.05, 3.63) is 47.2 Å². The first-order valence-corrected chi connectivity index (χ1v) is 7.60. The predicted octanol–water partition coefficient (Wildman–Crippen LogP) is 2.64. The van der Waals surface area contributed by atoms with Gasteiger partial charge in [-0.05, 0) is 49.9 Å². The summed E-state index contributed by atoms with van der Waals surface area (Å²) in [5.41, 5.74) is 1.83. The lowest BCUT2D eigenvalue weighted by Crippen LogP contribution is -2.17. The molecule has 2 aromatic rings. The number of aryl methyl sites for hydroxylation is 1. The zero-order valence-electron chi connectivity index (χ0n) is 13.2. The molecule has 120 valence electrons. The lowest BCUT2D eigenvalue weighted by molar-refractivity contribution is 0.0600. The minimum absolute atomic E-state index is 0.220. The molecule has 1 amide bonds. The van der Waals surface area contributed by atoms with Crippen molar-refractivity contribution in [2.24, 2.45) is 5.92 Å². The van der Waals surface area contributed by atoms with E-state index in [9.17, 15) is 9.59 Å². The van der Waals surface area contributed by atoms with E-state index in [-0.39, 0.29) is 5.91 Å². The summed E-state index contributed by atoms with van der Waals surface area (Å²) in [4.78, 5) is 23.8. The van der Waals surface area contributed by atoms with Gasteiger partial charge in [-0.1, -0.05) is 0 Å². The second-order valence-corrected chi connectivity index (χ2v) is 5.82. The molecule has 0 unspecified atom stereocenters. The number of nitrogens with one attached hydrogen (secondary N) is 1. The van der Waals surface area contributed by atoms with E-state index in [1.165, 1.54) is 20.0 Å². The molecule has 0 saturated heterocycles. The Morgan fingerprint density at radius 1 is 1.26 bits per heavy atom. The molecule has 1 aliphatic carbocycles. The molecule has 1 aromatic carbocycles. The van der Waals surface area contributed by atoms with Crippen molar-refractivity contribution in [3.8, 4) is 0 Å². The Bertz CT molecular complexity index is 730. The number of aromatic nitrogens is 2. The highest BCUT2D eigenvalue weighted by Gasteiger charge is 2.24. The van der Waals surface area contributed by atoms with E-state index in [0.29, 0.717) is 17.0 Å². The fraction of sp³-hybridized carbons (Fsp3) is 0.353. The monoisotopic (exact) mass is 313 g/mol. The summed E-state index contributed by atoms with van der Waals surface area (Å²) in [5.74, 6) is 0.764. The first-order valence-electron chi connectivity index (χ1n) is 7.60. The molecule has 1 heterocycles. The number of methoxy groups -OCH3 is 1. The number of ether oxygens (including phenoxy) is 1. The highest BCUT2D eigenvalue weighted by molar-refractivity contribution is 6.04. The molecule has 1 aromatic heterocycles. The molecule has 0 spiro atoms. The molecule has 0 radical (unpaired) electrons. The second kappa shape index (κ2) is 6.24. The van der Waals surface area contributed by atoms with Gasteiger partial charge in [-0.25, -0.2) is 9.48 Å². The first-order chi connectivity index (χ1) is 11.1. The van der Waals surface area contributed by atoms with Gasteiger partial charge in [0, 0.05) is 17.7 Å². The number of amides is 1. The van der Waals surface area contributed by atoms with E-state index in [0.717, 1.165) is 17.9 Å². The van der Waals surface area contributed by atoms with Crippen LogP contribution in [-0.4, -0.2) is 28.8 Å². The Morgan fingerprint density at radius 2 is 1.91 bits per heavy atom. The average Bonchev–Trinajstić information content (AvgIpc) is 3.33. The molecule has 6 nitrogen and oxygen atoms in total. The number of benzene rings is 1. The van der Waals surface area contributed by atoms with Crippen molar-refractivity contribution in [1.82, 2.24) is 9.78 Å². The summed E-state index contributed by atoms with van der Waals surface area (Å²) in [6.45, 7) is 2.76. The predicted molar refractivity (Wildman–Crippen MR) is 85.4 cm³/mol. The molecule has 6 heteroatoms. The third-order valence-corrected chi connectivity index (χ3v) is 3.95. The van der Waals surface area contributed by atoms with Crippen LogP contribution in [-0.2, 0) is 11.3 Å². The van der Waals surface area contributed by atoms with Crippen LogP contribution in [0.4, 0.5) is 5.82 Å². The Kier molecular flexibility index (Phi) is 4.14. The van der Waals surface area contributed by atoms with Gasteiger partial charge < -0.3 is 10.1 Å². The van der Waals surface area contributed by atoms with Crippen LogP contribution in [0.1, 0.15) is 39.1 Å². The zero-order chi connectivity index (χ0) is 16.4. The third kappa shape index (κ3) is 3.41. The molecule has 1 N–H and O–H groups in total. The minimum atomic E-state index is -0.421. The topological polar surface area (TPSA) is 73.2 Å². The van der Waals surface area contributed by atoms with Crippen LogP contribution >= 0.6 is 0 Å². The molecular weight excluding hydrogens is 294 g/mol. The van der Waals surface area contributed by atoms with Gasteiger partial charge in [-0.15, -0.1) is 0 Å². The van der Waals surface area contributed by atoms with Crippen molar-refractivity contribution < 1.29 is 14.3 Å². The van der Waals surface area contributed by atoms with Crippen LogP contribution in [0.2, 0.25) is 0 Å². The van der Waals surface area contributed by atoms with Crippen LogP contribution < -0.4 is 5.32 Å². The smallest absolute Gasteiger partial charge is 0.337 e. The minimum Gasteiger partial charge on any atom is -0.465 e. The van der Waals surface area contributed by atoms with Gasteiger partial charge in [0.05, 0.1) is 18.9 Å². The van der Waals surface area contributed by atoms with Crippen LogP contribution in [0, 0.1) is 12.8 Å². The maximum absolute atomic E-state index is 12.4. The molecule has 0 aliphatic heterocycles. The highest BCUT2D eigenvalue weighted by Crippen LogP contribution is 2.32. The number of nitrogens with zero attached hydrogens (tertiary/aromatic N) is 2. The van der Waals surface area contributed by atoms with Gasteiger partial charge >= 0.3 is 5.97 Å². The number of esters is 1. The van der Waals surface area contributed by atoms with E-state index in [1.54, 1.807) is 30.5 Å². The molecule has 0 bridgehead atoms. The second-order valence-electron chi connectivity index (χ2n) is 5.82. The summed E-state index contributed by atoms with van der Waals surface area (Å²) in [6, 6.07) is 6.38. The SMILES string of the molecule is COC(=O)c1ccc(C(=O)Nc2c(C)cnn2CC2CC2)cc1. The van der Waals surface area contributed by atoms with Gasteiger partial charge in [0.1, 0.15) is 5.82 Å². The van der Waals surface area contributed by atoms with Crippen LogP contribution in [0.5, 0.6) is 0 Å². The standard InChI is InChI=1S/C17H19N3O3/c1-11-9-18-20(10-12-3-4-12)15(11)19-16(21)13-5-7-14(8-6-13)17(22)23-2/h5-9,12H,3-4,10H2,1-2H3,(H,19,21). The van der Waals surface area contributed by atoms with Gasteiger partial charge in [-0.3, -0.25) is 4.79 Å². The Labute approximate surface area is 134 Å². The molecule has 1 saturated carbocycles. The maximum atomic E-state index is 12.4. The van der Waals surface area contributed by atoms with Gasteiger partial charge in [0.15, 0.2) is 0 Å². The molecular formula is C17H19N3O3. The number of rotatable bonds is 5. The van der Waals surface area contributed by atoms with Crippen molar-refractivity contribution in [3.63, 3.8) is 0 Å². The van der Waals surface area contributed by atoms with E-state index in [4.69, 9.17) is 0 Å². The highest BCUT2D eigenvalue weighted by atomic mass is 16.5. The molecule has 1 aliphatic rings. The van der Waals surface area contributed by atoms with E-state index < -0.39 is 5.97 Å². The maximum Gasteiger partial charge on any atom is 0.337 e. The fourth-order valence-electron chi connectivity index (χ4n) is 2.38. The summed E-state index contributed by atoms with van der Waals surface area (Å²) in [5, 5.41) is 7.25. The van der Waals surface area contributed by atoms with Crippen molar-refractivity contribution >= 4 is 17.7 Å². The molecule has 0 atom stereocenters. The lowest BCUT2D eigenvalue weighted by atomic mass is 10.1. The average molecular weight is 313 g/mol. The van der Waals surface area contributed by atoms with Crippen LogP contribution in [0.15, 0.2) is 30.5 Å². The molecule has 1 fully saturated rings. The Balaban J connectivity index is 1.74. The number of hydrogen-bond acceptors (Lipinski definition) is 4. The van der Waals surface area contributed by atoms with Crippen LogP contribution in [0.25, 0.3) is 0 Å². The number of carbonyl (C=O) groups is 2. The van der Waals surface area contributed by atoms with E-state index >= 15 is 0 Å². The summed E-state index contributed by atoms with van der Waals surface area (Å²) in [7, 11) is 1.33. The Morgan fingerprint density at radius 3 is 2.52 bits per heavy atom. The summed E-state index contributed by atoms with van der Waals surface area (Å²) < 4.78 is 6.50. The lowest BCUT2D eigenvalue weighted by Gasteiger charge is -2.10. The fourth-order valence-corrected chi connectivity index (χ4v) is 2.38. The summed E-state index contributed by atoms with van der Waals surface area (Å²) >= 11 is 0. The Hall–Kier alpha value is -2.63. The van der Waals surface area contributed by atoms with Gasteiger partial charge in [-0.2, -0.15) is 5.10 Å². The number of hydrogen-bond donors (Lipinski definition) is 1. The molecule has 3 rings (SSSR count). The van der Waals surface area contributed by atoms with Crippen molar-refractivity contribution in [2.45, 2.75) is 26.3 Å². The van der Waals surface area contributed by atoms with E-state index in [2.05, 4.69) is 15.2 Å².